The molecule has 0 saturated heterocycles. The van der Waals surface area contributed by atoms with E-state index in [4.69, 9.17) is 10.5 Å². The van der Waals surface area contributed by atoms with Crippen LogP contribution in [0, 0.1) is 5.92 Å². The molecule has 1 aromatic rings. The van der Waals surface area contributed by atoms with E-state index in [1.165, 1.54) is 31.0 Å². The average molecular weight is 308 g/mol. The summed E-state index contributed by atoms with van der Waals surface area (Å²) in [5, 5.41) is 3.16. The van der Waals surface area contributed by atoms with Crippen LogP contribution in [0.1, 0.15) is 32.6 Å². The van der Waals surface area contributed by atoms with Crippen LogP contribution >= 0.6 is 11.8 Å². The molecule has 2 rings (SSSR count). The summed E-state index contributed by atoms with van der Waals surface area (Å²) in [4.78, 5) is 13.0. The molecule has 0 heterocycles. The van der Waals surface area contributed by atoms with Crippen LogP contribution in [0.4, 0.5) is 5.69 Å². The number of rotatable bonds is 5. The van der Waals surface area contributed by atoms with Gasteiger partial charge < -0.3 is 15.8 Å². The molecule has 0 aromatic heterocycles. The molecule has 116 valence electrons. The number of anilines is 1. The predicted molar refractivity (Wildman–Crippen MR) is 87.7 cm³/mol. The van der Waals surface area contributed by atoms with Gasteiger partial charge in [-0.2, -0.15) is 0 Å². The van der Waals surface area contributed by atoms with Crippen molar-refractivity contribution < 1.29 is 9.53 Å². The highest BCUT2D eigenvalue weighted by Crippen LogP contribution is 2.29. The van der Waals surface area contributed by atoms with Crippen LogP contribution in [0.25, 0.3) is 0 Å². The van der Waals surface area contributed by atoms with E-state index < -0.39 is 0 Å². The van der Waals surface area contributed by atoms with Gasteiger partial charge >= 0.3 is 0 Å². The smallest absolute Gasteiger partial charge is 0.230 e. The summed E-state index contributed by atoms with van der Waals surface area (Å²) < 4.78 is 5.18. The van der Waals surface area contributed by atoms with Crippen LogP contribution in [0.2, 0.25) is 0 Å². The molecule has 5 heteroatoms. The SMILES string of the molecule is COc1ccc(N)c(SCC(=O)NC2CCCCC2C)c1. The second kappa shape index (κ2) is 7.59. The molecule has 1 aliphatic rings. The number of nitrogens with one attached hydrogen (secondary N) is 1. The fourth-order valence-corrected chi connectivity index (χ4v) is 3.49. The van der Waals surface area contributed by atoms with Gasteiger partial charge in [0.25, 0.3) is 0 Å². The highest BCUT2D eigenvalue weighted by Gasteiger charge is 2.22. The first-order chi connectivity index (χ1) is 10.1. The van der Waals surface area contributed by atoms with E-state index in [0.717, 1.165) is 17.1 Å². The van der Waals surface area contributed by atoms with Gasteiger partial charge in [0.1, 0.15) is 5.75 Å². The van der Waals surface area contributed by atoms with Crippen molar-refractivity contribution in [3.05, 3.63) is 18.2 Å². The number of hydrogen-bond acceptors (Lipinski definition) is 4. The maximum absolute atomic E-state index is 12.1. The van der Waals surface area contributed by atoms with Gasteiger partial charge in [0.05, 0.1) is 12.9 Å². The Morgan fingerprint density at radius 2 is 2.19 bits per heavy atom. The highest BCUT2D eigenvalue weighted by atomic mass is 32.2. The summed E-state index contributed by atoms with van der Waals surface area (Å²) >= 11 is 1.46. The van der Waals surface area contributed by atoms with Crippen LogP contribution in [-0.2, 0) is 4.79 Å². The molecule has 2 atom stereocenters. The summed E-state index contributed by atoms with van der Waals surface area (Å²) in [5.74, 6) is 1.81. The van der Waals surface area contributed by atoms with E-state index in [2.05, 4.69) is 12.2 Å². The zero-order chi connectivity index (χ0) is 15.2. The second-order valence-electron chi connectivity index (χ2n) is 5.63. The second-order valence-corrected chi connectivity index (χ2v) is 6.65. The third-order valence-electron chi connectivity index (χ3n) is 4.04. The van der Waals surface area contributed by atoms with Gasteiger partial charge in [-0.3, -0.25) is 4.79 Å². The third-order valence-corrected chi connectivity index (χ3v) is 5.11. The zero-order valence-corrected chi connectivity index (χ0v) is 13.5. The van der Waals surface area contributed by atoms with Gasteiger partial charge in [-0.15, -0.1) is 11.8 Å². The molecule has 0 radical (unpaired) electrons. The lowest BCUT2D eigenvalue weighted by Crippen LogP contribution is -2.41. The minimum absolute atomic E-state index is 0.0842. The van der Waals surface area contributed by atoms with Gasteiger partial charge in [-0.05, 0) is 37.0 Å². The molecule has 21 heavy (non-hydrogen) atoms. The van der Waals surface area contributed by atoms with Crippen molar-refractivity contribution in [2.24, 2.45) is 5.92 Å². The molecule has 1 aromatic carbocycles. The molecule has 3 N–H and O–H groups in total. The Morgan fingerprint density at radius 1 is 1.43 bits per heavy atom. The number of carbonyl (C=O) groups excluding carboxylic acids is 1. The Balaban J connectivity index is 1.86. The van der Waals surface area contributed by atoms with E-state index in [9.17, 15) is 4.79 Å². The van der Waals surface area contributed by atoms with E-state index in [1.807, 2.05) is 18.2 Å². The van der Waals surface area contributed by atoms with Crippen molar-refractivity contribution in [2.75, 3.05) is 18.6 Å². The van der Waals surface area contributed by atoms with Gasteiger partial charge in [-0.1, -0.05) is 19.8 Å². The number of nitrogen functional groups attached to an aromatic ring is 1. The number of nitrogens with two attached hydrogens (primary N) is 1. The molecule has 4 nitrogen and oxygen atoms in total. The average Bonchev–Trinajstić information content (AvgIpc) is 2.49. The van der Waals surface area contributed by atoms with Crippen LogP contribution in [-0.4, -0.2) is 24.8 Å². The number of carbonyl (C=O) groups is 1. The van der Waals surface area contributed by atoms with E-state index in [0.29, 0.717) is 23.4 Å². The Hall–Kier alpha value is -1.36. The van der Waals surface area contributed by atoms with Crippen molar-refractivity contribution >= 4 is 23.4 Å². The molecule has 1 saturated carbocycles. The van der Waals surface area contributed by atoms with E-state index >= 15 is 0 Å². The van der Waals surface area contributed by atoms with Crippen LogP contribution in [0.3, 0.4) is 0 Å². The van der Waals surface area contributed by atoms with Crippen molar-refractivity contribution in [1.82, 2.24) is 5.32 Å². The first-order valence-electron chi connectivity index (χ1n) is 7.46. The maximum atomic E-state index is 12.1. The lowest BCUT2D eigenvalue weighted by Gasteiger charge is -2.29. The molecule has 1 aliphatic carbocycles. The summed E-state index contributed by atoms with van der Waals surface area (Å²) in [7, 11) is 1.62. The Kier molecular flexibility index (Phi) is 5.79. The van der Waals surface area contributed by atoms with Crippen molar-refractivity contribution in [2.45, 2.75) is 43.5 Å². The summed E-state index contributed by atoms with van der Waals surface area (Å²) in [5.41, 5.74) is 6.61. The predicted octanol–water partition coefficient (Wildman–Crippen LogP) is 3.06. The largest absolute Gasteiger partial charge is 0.497 e. The fourth-order valence-electron chi connectivity index (χ4n) is 2.69. The molecule has 1 fully saturated rings. The standard InChI is InChI=1S/C16H24N2O2S/c1-11-5-3-4-6-14(11)18-16(19)10-21-15-9-12(20-2)7-8-13(15)17/h7-9,11,14H,3-6,10,17H2,1-2H3,(H,18,19). The first-order valence-corrected chi connectivity index (χ1v) is 8.44. The number of ether oxygens (including phenoxy) is 1. The number of amides is 1. The number of benzene rings is 1. The number of hydrogen-bond donors (Lipinski definition) is 2. The summed E-state index contributed by atoms with van der Waals surface area (Å²) in [6.45, 7) is 2.22. The summed E-state index contributed by atoms with van der Waals surface area (Å²) in [6, 6.07) is 5.83. The van der Waals surface area contributed by atoms with Gasteiger partial charge in [0, 0.05) is 16.6 Å². The first kappa shape index (κ1) is 16.0. The summed E-state index contributed by atoms with van der Waals surface area (Å²) in [6.07, 6.45) is 4.80. The molecule has 2 unspecified atom stereocenters. The molecule has 1 amide bonds. The van der Waals surface area contributed by atoms with Gasteiger partial charge in [0.15, 0.2) is 0 Å². The lowest BCUT2D eigenvalue weighted by molar-refractivity contribution is -0.119. The quantitative estimate of drug-likeness (QED) is 0.648. The number of thioether (sulfide) groups is 1. The minimum Gasteiger partial charge on any atom is -0.497 e. The van der Waals surface area contributed by atoms with Crippen molar-refractivity contribution in [3.63, 3.8) is 0 Å². The fraction of sp³-hybridized carbons (Fsp3) is 0.562. The van der Waals surface area contributed by atoms with E-state index in [-0.39, 0.29) is 5.91 Å². The van der Waals surface area contributed by atoms with Crippen LogP contribution < -0.4 is 15.8 Å². The zero-order valence-electron chi connectivity index (χ0n) is 12.7. The number of methoxy groups -OCH3 is 1. The van der Waals surface area contributed by atoms with Crippen molar-refractivity contribution in [3.8, 4) is 5.75 Å². The molecular weight excluding hydrogens is 284 g/mol. The van der Waals surface area contributed by atoms with Crippen LogP contribution in [0.5, 0.6) is 5.75 Å². The monoisotopic (exact) mass is 308 g/mol. The molecule has 0 aliphatic heterocycles. The van der Waals surface area contributed by atoms with Gasteiger partial charge in [0.2, 0.25) is 5.91 Å². The molecule has 0 spiro atoms. The normalized spacial score (nSPS) is 21.8. The topological polar surface area (TPSA) is 64.3 Å². The maximum Gasteiger partial charge on any atom is 0.230 e. The van der Waals surface area contributed by atoms with E-state index in [1.54, 1.807) is 7.11 Å². The minimum atomic E-state index is 0.0842. The molecule has 0 bridgehead atoms. The van der Waals surface area contributed by atoms with Gasteiger partial charge in [-0.25, -0.2) is 0 Å². The third kappa shape index (κ3) is 4.56. The highest BCUT2D eigenvalue weighted by molar-refractivity contribution is 8.00. The molecular formula is C16H24N2O2S. The Bertz CT molecular complexity index is 493. The van der Waals surface area contributed by atoms with Crippen LogP contribution in [0.15, 0.2) is 23.1 Å². The Labute approximate surface area is 130 Å². The lowest BCUT2D eigenvalue weighted by atomic mass is 9.86. The van der Waals surface area contributed by atoms with Crippen molar-refractivity contribution in [1.29, 1.82) is 0 Å². The Morgan fingerprint density at radius 3 is 2.90 bits per heavy atom.